The molecule has 0 bridgehead atoms. The molecule has 1 aliphatic rings. The molecular formula is C24H26BrNO5. The van der Waals surface area contributed by atoms with E-state index in [2.05, 4.69) is 15.9 Å². The number of ether oxygens (including phenoxy) is 2. The molecule has 7 heteroatoms. The number of methoxy groups -OCH3 is 1. The lowest BCUT2D eigenvalue weighted by Crippen LogP contribution is -2.31. The Labute approximate surface area is 190 Å². The lowest BCUT2D eigenvalue weighted by Gasteiger charge is -2.25. The van der Waals surface area contributed by atoms with Gasteiger partial charge in [0.2, 0.25) is 0 Å². The van der Waals surface area contributed by atoms with Crippen molar-refractivity contribution in [2.24, 2.45) is 0 Å². The number of amides is 1. The molecule has 6 nitrogen and oxygen atoms in total. The molecule has 1 N–H and O–H groups in total. The first-order valence-corrected chi connectivity index (χ1v) is 10.9. The highest BCUT2D eigenvalue weighted by atomic mass is 79.9. The second kappa shape index (κ2) is 10.1. The fourth-order valence-corrected chi connectivity index (χ4v) is 4.05. The largest absolute Gasteiger partial charge is 0.507 e. The molecule has 0 spiro atoms. The van der Waals surface area contributed by atoms with Gasteiger partial charge in [-0.05, 0) is 62.2 Å². The number of hydrogen-bond donors (Lipinski definition) is 1. The first kappa shape index (κ1) is 23.0. The quantitative estimate of drug-likeness (QED) is 0.253. The van der Waals surface area contributed by atoms with E-state index in [-0.39, 0.29) is 17.4 Å². The van der Waals surface area contributed by atoms with Crippen molar-refractivity contribution in [3.05, 3.63) is 69.7 Å². The number of aliphatic hydroxyl groups is 1. The number of nitrogens with zero attached hydrogens (tertiary/aromatic N) is 1. The molecule has 1 saturated heterocycles. The molecule has 1 atom stereocenters. The Balaban J connectivity index is 2.06. The summed E-state index contributed by atoms with van der Waals surface area (Å²) in [6.45, 7) is 4.66. The van der Waals surface area contributed by atoms with E-state index in [0.29, 0.717) is 30.9 Å². The van der Waals surface area contributed by atoms with E-state index in [0.717, 1.165) is 10.0 Å². The van der Waals surface area contributed by atoms with Crippen LogP contribution in [0.2, 0.25) is 0 Å². The van der Waals surface area contributed by atoms with Crippen LogP contribution < -0.4 is 4.74 Å². The third-order valence-electron chi connectivity index (χ3n) is 4.95. The van der Waals surface area contributed by atoms with Gasteiger partial charge in [-0.25, -0.2) is 0 Å². The van der Waals surface area contributed by atoms with Crippen molar-refractivity contribution in [2.45, 2.75) is 32.4 Å². The molecule has 1 fully saturated rings. The molecular weight excluding hydrogens is 462 g/mol. The third-order valence-corrected chi connectivity index (χ3v) is 5.44. The summed E-state index contributed by atoms with van der Waals surface area (Å²) >= 11 is 3.45. The smallest absolute Gasteiger partial charge is 0.295 e. The highest BCUT2D eigenvalue weighted by Crippen LogP contribution is 2.40. The van der Waals surface area contributed by atoms with Gasteiger partial charge in [0.15, 0.2) is 0 Å². The number of rotatable bonds is 8. The average Bonchev–Trinajstić information content (AvgIpc) is 2.98. The average molecular weight is 488 g/mol. The van der Waals surface area contributed by atoms with Crippen LogP contribution >= 0.6 is 15.9 Å². The predicted octanol–water partition coefficient (Wildman–Crippen LogP) is 4.69. The van der Waals surface area contributed by atoms with Gasteiger partial charge in [-0.3, -0.25) is 9.59 Å². The SMILES string of the molecule is COCCCN1C(=O)C(=O)/C(=C(\O)c2ccc(OC(C)C)cc2)C1c1cccc(Br)c1. The molecule has 164 valence electrons. The number of halogens is 1. The predicted molar refractivity (Wildman–Crippen MR) is 122 cm³/mol. The van der Waals surface area contributed by atoms with Crippen molar-refractivity contribution in [3.63, 3.8) is 0 Å². The summed E-state index contributed by atoms with van der Waals surface area (Å²) in [5.41, 5.74) is 1.27. The molecule has 0 aliphatic carbocycles. The third kappa shape index (κ3) is 5.17. The van der Waals surface area contributed by atoms with Crippen molar-refractivity contribution in [1.82, 2.24) is 4.90 Å². The van der Waals surface area contributed by atoms with E-state index < -0.39 is 17.7 Å². The van der Waals surface area contributed by atoms with Gasteiger partial charge in [-0.2, -0.15) is 0 Å². The summed E-state index contributed by atoms with van der Waals surface area (Å²) in [6, 6.07) is 13.6. The summed E-state index contributed by atoms with van der Waals surface area (Å²) in [5.74, 6) is -0.853. The van der Waals surface area contributed by atoms with Gasteiger partial charge in [0.25, 0.3) is 11.7 Å². The number of aliphatic hydroxyl groups excluding tert-OH is 1. The van der Waals surface area contributed by atoms with E-state index >= 15 is 0 Å². The monoisotopic (exact) mass is 487 g/mol. The standard InChI is InChI=1S/C24H26BrNO5/c1-15(2)31-19-10-8-16(9-11-19)22(27)20-21(17-6-4-7-18(25)14-17)26(12-5-13-30-3)24(29)23(20)28/h4,6-11,14-15,21,27H,5,12-13H2,1-3H3/b22-20-. The first-order valence-electron chi connectivity index (χ1n) is 10.1. The molecule has 3 rings (SSSR count). The zero-order valence-electron chi connectivity index (χ0n) is 17.8. The Morgan fingerprint density at radius 1 is 1.16 bits per heavy atom. The number of carbonyl (C=O) groups is 2. The summed E-state index contributed by atoms with van der Waals surface area (Å²) in [4.78, 5) is 27.3. The van der Waals surface area contributed by atoms with Gasteiger partial charge in [0.05, 0.1) is 17.7 Å². The van der Waals surface area contributed by atoms with Gasteiger partial charge < -0.3 is 19.5 Å². The van der Waals surface area contributed by atoms with Crippen LogP contribution in [0.4, 0.5) is 0 Å². The Morgan fingerprint density at radius 2 is 1.87 bits per heavy atom. The van der Waals surface area contributed by atoms with Crippen molar-refractivity contribution in [3.8, 4) is 5.75 Å². The maximum absolute atomic E-state index is 13.0. The lowest BCUT2D eigenvalue weighted by atomic mass is 9.95. The van der Waals surface area contributed by atoms with Gasteiger partial charge in [-0.15, -0.1) is 0 Å². The van der Waals surface area contributed by atoms with Gasteiger partial charge in [0.1, 0.15) is 11.5 Å². The van der Waals surface area contributed by atoms with Crippen molar-refractivity contribution in [2.75, 3.05) is 20.3 Å². The Morgan fingerprint density at radius 3 is 2.48 bits per heavy atom. The van der Waals surface area contributed by atoms with Crippen LogP contribution in [0.1, 0.15) is 37.4 Å². The molecule has 1 aliphatic heterocycles. The van der Waals surface area contributed by atoms with E-state index in [1.54, 1.807) is 31.4 Å². The number of hydrogen-bond acceptors (Lipinski definition) is 5. The molecule has 31 heavy (non-hydrogen) atoms. The molecule has 1 amide bonds. The van der Waals surface area contributed by atoms with Crippen LogP contribution in [0.5, 0.6) is 5.75 Å². The minimum Gasteiger partial charge on any atom is -0.507 e. The minimum absolute atomic E-state index is 0.0217. The van der Waals surface area contributed by atoms with Crippen LogP contribution in [0.3, 0.4) is 0 Å². The molecule has 2 aromatic rings. The minimum atomic E-state index is -0.692. The fourth-order valence-electron chi connectivity index (χ4n) is 3.63. The molecule has 0 aromatic heterocycles. The normalized spacial score (nSPS) is 18.1. The van der Waals surface area contributed by atoms with E-state index in [4.69, 9.17) is 9.47 Å². The first-order chi connectivity index (χ1) is 14.8. The van der Waals surface area contributed by atoms with Crippen molar-refractivity contribution >= 4 is 33.4 Å². The van der Waals surface area contributed by atoms with Crippen LogP contribution in [-0.2, 0) is 14.3 Å². The zero-order chi connectivity index (χ0) is 22.5. The fraction of sp³-hybridized carbons (Fsp3) is 0.333. The Hall–Kier alpha value is -2.64. The Kier molecular flexibility index (Phi) is 7.51. The summed E-state index contributed by atoms with van der Waals surface area (Å²) in [6.07, 6.45) is 0.600. The topological polar surface area (TPSA) is 76.1 Å². The number of carbonyl (C=O) groups excluding carboxylic acids is 2. The van der Waals surface area contributed by atoms with Crippen LogP contribution in [0.25, 0.3) is 5.76 Å². The number of likely N-dealkylation sites (tertiary alicyclic amines) is 1. The summed E-state index contributed by atoms with van der Waals surface area (Å²) in [5, 5.41) is 11.1. The van der Waals surface area contributed by atoms with E-state index in [9.17, 15) is 14.7 Å². The number of benzene rings is 2. The number of ketones is 1. The highest BCUT2D eigenvalue weighted by Gasteiger charge is 2.45. The molecule has 0 saturated carbocycles. The molecule has 2 aromatic carbocycles. The summed E-state index contributed by atoms with van der Waals surface area (Å²) in [7, 11) is 1.59. The maximum Gasteiger partial charge on any atom is 0.295 e. The van der Waals surface area contributed by atoms with Crippen molar-refractivity contribution < 1.29 is 24.2 Å². The van der Waals surface area contributed by atoms with E-state index in [1.165, 1.54) is 4.90 Å². The van der Waals surface area contributed by atoms with Crippen LogP contribution in [-0.4, -0.2) is 48.1 Å². The zero-order valence-corrected chi connectivity index (χ0v) is 19.4. The maximum atomic E-state index is 13.0. The second-order valence-electron chi connectivity index (χ2n) is 7.58. The Bertz CT molecular complexity index is 984. The van der Waals surface area contributed by atoms with E-state index in [1.807, 2.05) is 38.1 Å². The molecule has 1 unspecified atom stereocenters. The highest BCUT2D eigenvalue weighted by molar-refractivity contribution is 9.10. The van der Waals surface area contributed by atoms with Crippen molar-refractivity contribution in [1.29, 1.82) is 0 Å². The van der Waals surface area contributed by atoms with Gasteiger partial charge in [-0.1, -0.05) is 28.1 Å². The van der Waals surface area contributed by atoms with Gasteiger partial charge in [0, 0.05) is 30.3 Å². The summed E-state index contributed by atoms with van der Waals surface area (Å²) < 4.78 is 11.6. The number of Topliss-reactive ketones (excluding diaryl/α,β-unsaturated/α-hetero) is 1. The lowest BCUT2D eigenvalue weighted by molar-refractivity contribution is -0.140. The van der Waals surface area contributed by atoms with Gasteiger partial charge >= 0.3 is 0 Å². The molecule has 0 radical (unpaired) electrons. The van der Waals surface area contributed by atoms with Crippen LogP contribution in [0.15, 0.2) is 58.6 Å². The molecule has 1 heterocycles. The second-order valence-corrected chi connectivity index (χ2v) is 8.50. The van der Waals surface area contributed by atoms with Crippen LogP contribution in [0, 0.1) is 0 Å².